The molecule has 134 valence electrons. The number of halogens is 1. The van der Waals surface area contributed by atoms with Gasteiger partial charge in [0.05, 0.1) is 19.2 Å². The van der Waals surface area contributed by atoms with Crippen molar-refractivity contribution in [3.63, 3.8) is 0 Å². The highest BCUT2D eigenvalue weighted by molar-refractivity contribution is 6.33. The van der Waals surface area contributed by atoms with Crippen molar-refractivity contribution in [1.29, 1.82) is 0 Å². The van der Waals surface area contributed by atoms with Gasteiger partial charge in [0, 0.05) is 12.1 Å². The summed E-state index contributed by atoms with van der Waals surface area (Å²) in [6.07, 6.45) is 0. The Bertz CT molecular complexity index is 920. The molecule has 1 N–H and O–H groups in total. The number of methoxy groups -OCH3 is 2. The largest absolute Gasteiger partial charge is 0.493 e. The highest BCUT2D eigenvalue weighted by Gasteiger charge is 2.14. The SMILES string of the molecule is COc1ccc(CNC(=O)c2ccc(-c3ccccc3Cl)o2)cc1OC. The molecule has 0 aliphatic rings. The first-order valence-corrected chi connectivity index (χ1v) is 8.34. The molecule has 0 saturated carbocycles. The van der Waals surface area contributed by atoms with Crippen molar-refractivity contribution in [3.8, 4) is 22.8 Å². The Morgan fingerprint density at radius 3 is 2.54 bits per heavy atom. The van der Waals surface area contributed by atoms with Gasteiger partial charge in [0.2, 0.25) is 0 Å². The Labute approximate surface area is 156 Å². The van der Waals surface area contributed by atoms with E-state index < -0.39 is 0 Å². The van der Waals surface area contributed by atoms with E-state index in [0.717, 1.165) is 11.1 Å². The van der Waals surface area contributed by atoms with Crippen LogP contribution in [0.2, 0.25) is 5.02 Å². The number of furan rings is 1. The summed E-state index contributed by atoms with van der Waals surface area (Å²) in [5, 5.41) is 3.39. The lowest BCUT2D eigenvalue weighted by atomic mass is 10.2. The molecule has 0 aliphatic carbocycles. The topological polar surface area (TPSA) is 60.7 Å². The molecule has 5 nitrogen and oxygen atoms in total. The summed E-state index contributed by atoms with van der Waals surface area (Å²) in [4.78, 5) is 12.3. The second kappa shape index (κ2) is 7.97. The maximum atomic E-state index is 12.3. The molecule has 1 amide bonds. The second-order valence-electron chi connectivity index (χ2n) is 5.52. The fourth-order valence-electron chi connectivity index (χ4n) is 2.53. The smallest absolute Gasteiger partial charge is 0.287 e. The quantitative estimate of drug-likeness (QED) is 0.690. The van der Waals surface area contributed by atoms with Crippen molar-refractivity contribution in [1.82, 2.24) is 5.32 Å². The minimum Gasteiger partial charge on any atom is -0.493 e. The van der Waals surface area contributed by atoms with Crippen LogP contribution in [0.25, 0.3) is 11.3 Å². The van der Waals surface area contributed by atoms with Crippen LogP contribution in [-0.4, -0.2) is 20.1 Å². The van der Waals surface area contributed by atoms with E-state index in [-0.39, 0.29) is 11.7 Å². The number of hydrogen-bond acceptors (Lipinski definition) is 4. The van der Waals surface area contributed by atoms with Crippen LogP contribution in [0.15, 0.2) is 59.0 Å². The summed E-state index contributed by atoms with van der Waals surface area (Å²) >= 11 is 6.16. The van der Waals surface area contributed by atoms with E-state index in [0.29, 0.717) is 28.8 Å². The zero-order valence-electron chi connectivity index (χ0n) is 14.4. The van der Waals surface area contributed by atoms with Crippen LogP contribution in [0.5, 0.6) is 11.5 Å². The Hall–Kier alpha value is -2.92. The average molecular weight is 372 g/mol. The third kappa shape index (κ3) is 3.83. The van der Waals surface area contributed by atoms with Crippen molar-refractivity contribution in [2.24, 2.45) is 0 Å². The van der Waals surface area contributed by atoms with Gasteiger partial charge in [0.25, 0.3) is 5.91 Å². The van der Waals surface area contributed by atoms with E-state index in [9.17, 15) is 4.79 Å². The van der Waals surface area contributed by atoms with E-state index in [1.165, 1.54) is 0 Å². The lowest BCUT2D eigenvalue weighted by Gasteiger charge is -2.10. The number of ether oxygens (including phenoxy) is 2. The number of carbonyl (C=O) groups excluding carboxylic acids is 1. The summed E-state index contributed by atoms with van der Waals surface area (Å²) in [5.74, 6) is 1.71. The molecule has 0 unspecified atom stereocenters. The maximum Gasteiger partial charge on any atom is 0.287 e. The molecule has 0 spiro atoms. The van der Waals surface area contributed by atoms with Crippen molar-refractivity contribution in [2.75, 3.05) is 14.2 Å². The number of carbonyl (C=O) groups is 1. The van der Waals surface area contributed by atoms with Crippen LogP contribution < -0.4 is 14.8 Å². The lowest BCUT2D eigenvalue weighted by molar-refractivity contribution is 0.0924. The van der Waals surface area contributed by atoms with Gasteiger partial charge in [-0.25, -0.2) is 0 Å². The van der Waals surface area contributed by atoms with Crippen molar-refractivity contribution >= 4 is 17.5 Å². The maximum absolute atomic E-state index is 12.3. The van der Waals surface area contributed by atoms with E-state index in [1.807, 2.05) is 30.3 Å². The molecule has 0 bridgehead atoms. The molecule has 3 rings (SSSR count). The zero-order chi connectivity index (χ0) is 18.5. The predicted octanol–water partition coefficient (Wildman–Crippen LogP) is 4.55. The Morgan fingerprint density at radius 2 is 1.81 bits per heavy atom. The molecule has 2 aromatic carbocycles. The first kappa shape index (κ1) is 17.9. The highest BCUT2D eigenvalue weighted by Crippen LogP contribution is 2.29. The normalized spacial score (nSPS) is 10.4. The molecule has 6 heteroatoms. The Balaban J connectivity index is 1.69. The Kier molecular flexibility index (Phi) is 5.49. The fourth-order valence-corrected chi connectivity index (χ4v) is 2.75. The van der Waals surface area contributed by atoms with Crippen LogP contribution in [0.1, 0.15) is 16.1 Å². The van der Waals surface area contributed by atoms with Gasteiger partial charge in [0.15, 0.2) is 17.3 Å². The molecule has 3 aromatic rings. The van der Waals surface area contributed by atoms with Crippen LogP contribution >= 0.6 is 11.6 Å². The van der Waals surface area contributed by atoms with Gasteiger partial charge < -0.3 is 19.2 Å². The molecule has 0 radical (unpaired) electrons. The number of hydrogen-bond donors (Lipinski definition) is 1. The van der Waals surface area contributed by atoms with E-state index in [4.69, 9.17) is 25.5 Å². The number of amides is 1. The molecule has 1 aromatic heterocycles. The highest BCUT2D eigenvalue weighted by atomic mass is 35.5. The molecule has 0 atom stereocenters. The van der Waals surface area contributed by atoms with Gasteiger partial charge in [-0.05, 0) is 42.0 Å². The van der Waals surface area contributed by atoms with Crippen molar-refractivity contribution in [2.45, 2.75) is 6.54 Å². The van der Waals surface area contributed by atoms with Crippen LogP contribution in [0.3, 0.4) is 0 Å². The average Bonchev–Trinajstić information content (AvgIpc) is 3.16. The molecule has 0 aliphatic heterocycles. The van der Waals surface area contributed by atoms with E-state index >= 15 is 0 Å². The first-order valence-electron chi connectivity index (χ1n) is 7.96. The van der Waals surface area contributed by atoms with Crippen LogP contribution in [-0.2, 0) is 6.54 Å². The third-order valence-electron chi connectivity index (χ3n) is 3.87. The zero-order valence-corrected chi connectivity index (χ0v) is 15.2. The Morgan fingerprint density at radius 1 is 1.04 bits per heavy atom. The molecule has 1 heterocycles. The predicted molar refractivity (Wildman–Crippen MR) is 99.9 cm³/mol. The minimum absolute atomic E-state index is 0.223. The summed E-state index contributed by atoms with van der Waals surface area (Å²) in [6.45, 7) is 0.335. The van der Waals surface area contributed by atoms with Gasteiger partial charge in [-0.15, -0.1) is 0 Å². The molecule has 0 fully saturated rings. The number of benzene rings is 2. The summed E-state index contributed by atoms with van der Waals surface area (Å²) < 4.78 is 16.1. The second-order valence-corrected chi connectivity index (χ2v) is 5.92. The number of rotatable bonds is 6. The fraction of sp³-hybridized carbons (Fsp3) is 0.150. The third-order valence-corrected chi connectivity index (χ3v) is 4.20. The molecule has 0 saturated heterocycles. The van der Waals surface area contributed by atoms with Gasteiger partial charge >= 0.3 is 0 Å². The lowest BCUT2D eigenvalue weighted by Crippen LogP contribution is -2.22. The molecule has 26 heavy (non-hydrogen) atoms. The summed E-state index contributed by atoms with van der Waals surface area (Å²) in [6, 6.07) is 16.1. The minimum atomic E-state index is -0.307. The van der Waals surface area contributed by atoms with Gasteiger partial charge in [0.1, 0.15) is 5.76 Å². The van der Waals surface area contributed by atoms with E-state index in [1.54, 1.807) is 38.5 Å². The standard InChI is InChI=1S/C20H18ClNO4/c1-24-17-8-7-13(11-19(17)25-2)12-22-20(23)18-10-9-16(26-18)14-5-3-4-6-15(14)21/h3-11H,12H2,1-2H3,(H,22,23). The van der Waals surface area contributed by atoms with Crippen LogP contribution in [0.4, 0.5) is 0 Å². The summed E-state index contributed by atoms with van der Waals surface area (Å²) in [7, 11) is 3.14. The van der Waals surface area contributed by atoms with E-state index in [2.05, 4.69) is 5.32 Å². The molecular weight excluding hydrogens is 354 g/mol. The first-order chi connectivity index (χ1) is 12.6. The summed E-state index contributed by atoms with van der Waals surface area (Å²) in [5.41, 5.74) is 1.63. The monoisotopic (exact) mass is 371 g/mol. The van der Waals surface area contributed by atoms with Crippen molar-refractivity contribution in [3.05, 3.63) is 70.9 Å². The number of nitrogens with one attached hydrogen (secondary N) is 1. The van der Waals surface area contributed by atoms with Gasteiger partial charge in [-0.1, -0.05) is 29.8 Å². The van der Waals surface area contributed by atoms with Gasteiger partial charge in [-0.3, -0.25) is 4.79 Å². The molecular formula is C20H18ClNO4. The van der Waals surface area contributed by atoms with Crippen LogP contribution in [0, 0.1) is 0 Å². The van der Waals surface area contributed by atoms with Crippen molar-refractivity contribution < 1.29 is 18.7 Å². The van der Waals surface area contributed by atoms with Gasteiger partial charge in [-0.2, -0.15) is 0 Å².